The molecule has 3 aromatic heterocycles. The lowest BCUT2D eigenvalue weighted by molar-refractivity contribution is -0.137. The smallest absolute Gasteiger partial charge is 0.416 e. The van der Waals surface area contributed by atoms with Crippen LogP contribution in [0.15, 0.2) is 58.7 Å². The van der Waals surface area contributed by atoms with Gasteiger partial charge >= 0.3 is 12.2 Å². The number of fused-ring (bicyclic) bond motifs is 1. The number of rotatable bonds is 5. The van der Waals surface area contributed by atoms with Gasteiger partial charge in [-0.05, 0) is 18.2 Å². The predicted octanol–water partition coefficient (Wildman–Crippen LogP) is 3.06. The third-order valence-corrected chi connectivity index (χ3v) is 6.74. The Morgan fingerprint density at radius 2 is 1.68 bits per heavy atom. The number of methoxy groups -OCH3 is 1. The van der Waals surface area contributed by atoms with Gasteiger partial charge in [0, 0.05) is 35.1 Å². The molecule has 4 rings (SSSR count). The highest BCUT2D eigenvalue weighted by Gasteiger charge is 2.31. The molecule has 0 fully saturated rings. The van der Waals surface area contributed by atoms with Gasteiger partial charge in [-0.25, -0.2) is 23.4 Å². The topological polar surface area (TPSA) is 117 Å². The van der Waals surface area contributed by atoms with E-state index in [2.05, 4.69) is 20.1 Å². The maximum Gasteiger partial charge on any atom is 0.416 e. The molecule has 176 valence electrons. The average molecular weight is 491 g/mol. The van der Waals surface area contributed by atoms with Crippen molar-refractivity contribution in [3.05, 3.63) is 65.0 Å². The van der Waals surface area contributed by atoms with Crippen molar-refractivity contribution in [2.45, 2.75) is 18.0 Å². The zero-order valence-electron chi connectivity index (χ0n) is 17.7. The fourth-order valence-corrected chi connectivity index (χ4v) is 4.21. The quantitative estimate of drug-likeness (QED) is 0.418. The van der Waals surface area contributed by atoms with Crippen LogP contribution in [0.1, 0.15) is 12.5 Å². The summed E-state index contributed by atoms with van der Waals surface area (Å²) in [6.45, 7) is 1.41. The molecule has 0 bridgehead atoms. The molecule has 0 N–H and O–H groups in total. The van der Waals surface area contributed by atoms with Gasteiger partial charge in [0.25, 0.3) is 5.56 Å². The third kappa shape index (κ3) is 4.21. The number of aromatic nitrogens is 5. The molecule has 34 heavy (non-hydrogen) atoms. The Labute approximate surface area is 190 Å². The van der Waals surface area contributed by atoms with Crippen LogP contribution < -0.4 is 10.3 Å². The van der Waals surface area contributed by atoms with E-state index in [1.807, 2.05) is 0 Å². The molecule has 0 aliphatic heterocycles. The Hall–Kier alpha value is -3.87. The van der Waals surface area contributed by atoms with Crippen molar-refractivity contribution in [2.75, 3.05) is 12.9 Å². The molecule has 0 spiro atoms. The van der Waals surface area contributed by atoms with Gasteiger partial charge in [0.2, 0.25) is 0 Å². The van der Waals surface area contributed by atoms with Crippen LogP contribution >= 0.6 is 0 Å². The highest BCUT2D eigenvalue weighted by Crippen LogP contribution is 2.31. The first-order valence-electron chi connectivity index (χ1n) is 9.74. The van der Waals surface area contributed by atoms with E-state index in [4.69, 9.17) is 4.74 Å². The summed E-state index contributed by atoms with van der Waals surface area (Å²) < 4.78 is 70.8. The maximum atomic E-state index is 13.2. The molecule has 0 radical (unpaired) electrons. The van der Waals surface area contributed by atoms with Gasteiger partial charge in [-0.15, -0.1) is 0 Å². The van der Waals surface area contributed by atoms with Gasteiger partial charge in [0.1, 0.15) is 4.90 Å². The van der Waals surface area contributed by atoms with Crippen LogP contribution in [0.25, 0.3) is 27.7 Å². The van der Waals surface area contributed by atoms with E-state index in [1.165, 1.54) is 44.9 Å². The van der Waals surface area contributed by atoms with Crippen LogP contribution in [0.3, 0.4) is 0 Å². The van der Waals surface area contributed by atoms with E-state index in [0.717, 1.165) is 12.1 Å². The minimum absolute atomic E-state index is 0.111. The highest BCUT2D eigenvalue weighted by molar-refractivity contribution is 7.91. The van der Waals surface area contributed by atoms with E-state index in [1.54, 1.807) is 0 Å². The standard InChI is InChI=1S/C21H16F3N5O4S/c1-3-34(31,32)17-6-13(14-9-26-20(33-2)27-10-14)8-25-18(17)29-19(30)16-7-15(21(22,23)24)5-4-12(16)11-28-29/h4-11H,3H2,1-2H3. The Kier molecular flexibility index (Phi) is 5.81. The molecular formula is C21H16F3N5O4S. The van der Waals surface area contributed by atoms with Crippen LogP contribution in [-0.2, 0) is 16.0 Å². The molecule has 0 saturated carbocycles. The summed E-state index contributed by atoms with van der Waals surface area (Å²) in [6.07, 6.45) is 0.617. The summed E-state index contributed by atoms with van der Waals surface area (Å²) >= 11 is 0. The zero-order valence-corrected chi connectivity index (χ0v) is 18.6. The first-order chi connectivity index (χ1) is 16.0. The van der Waals surface area contributed by atoms with Gasteiger partial charge < -0.3 is 4.74 Å². The molecular weight excluding hydrogens is 475 g/mol. The summed E-state index contributed by atoms with van der Waals surface area (Å²) in [4.78, 5) is 24.8. The van der Waals surface area contributed by atoms with Gasteiger partial charge in [-0.3, -0.25) is 4.79 Å². The number of nitrogens with zero attached hydrogens (tertiary/aromatic N) is 5. The zero-order chi connectivity index (χ0) is 24.7. The number of hydrogen-bond donors (Lipinski definition) is 0. The molecule has 4 aromatic rings. The number of pyridine rings is 1. The second-order valence-electron chi connectivity index (χ2n) is 7.07. The van der Waals surface area contributed by atoms with Crippen molar-refractivity contribution >= 4 is 20.6 Å². The summed E-state index contributed by atoms with van der Waals surface area (Å²) in [5.41, 5.74) is -1.18. The van der Waals surface area contributed by atoms with Crippen molar-refractivity contribution in [1.29, 1.82) is 0 Å². The lowest BCUT2D eigenvalue weighted by Crippen LogP contribution is -2.25. The molecule has 9 nitrogen and oxygen atoms in total. The first kappa shape index (κ1) is 23.3. The van der Waals surface area contributed by atoms with Crippen LogP contribution in [0, 0.1) is 0 Å². The number of ether oxygens (including phenoxy) is 1. The Morgan fingerprint density at radius 1 is 1.00 bits per heavy atom. The Morgan fingerprint density at radius 3 is 2.29 bits per heavy atom. The van der Waals surface area contributed by atoms with Crippen molar-refractivity contribution in [3.8, 4) is 23.0 Å². The molecule has 0 saturated heterocycles. The summed E-state index contributed by atoms with van der Waals surface area (Å²) in [5, 5.41) is 3.85. The number of sulfone groups is 1. The summed E-state index contributed by atoms with van der Waals surface area (Å²) in [6, 6.07) is 4.06. The minimum Gasteiger partial charge on any atom is -0.467 e. The van der Waals surface area contributed by atoms with Crippen LogP contribution in [0.2, 0.25) is 0 Å². The predicted molar refractivity (Wildman–Crippen MR) is 115 cm³/mol. The second-order valence-corrected chi connectivity index (χ2v) is 9.32. The first-order valence-corrected chi connectivity index (χ1v) is 11.4. The monoisotopic (exact) mass is 491 g/mol. The van der Waals surface area contributed by atoms with Crippen molar-refractivity contribution in [3.63, 3.8) is 0 Å². The molecule has 0 aliphatic rings. The van der Waals surface area contributed by atoms with E-state index in [-0.39, 0.29) is 33.2 Å². The molecule has 1 aromatic carbocycles. The van der Waals surface area contributed by atoms with E-state index >= 15 is 0 Å². The third-order valence-electron chi connectivity index (χ3n) is 5.01. The normalized spacial score (nSPS) is 12.1. The van der Waals surface area contributed by atoms with Crippen molar-refractivity contribution < 1.29 is 26.3 Å². The minimum atomic E-state index is -4.66. The van der Waals surface area contributed by atoms with E-state index in [0.29, 0.717) is 21.9 Å². The van der Waals surface area contributed by atoms with Gasteiger partial charge in [0.15, 0.2) is 15.7 Å². The molecule has 3 heterocycles. The fourth-order valence-electron chi connectivity index (χ4n) is 3.18. The largest absolute Gasteiger partial charge is 0.467 e. The fraction of sp³-hybridized carbons (Fsp3) is 0.190. The van der Waals surface area contributed by atoms with Gasteiger partial charge in [-0.1, -0.05) is 13.0 Å². The molecule has 0 atom stereocenters. The summed E-state index contributed by atoms with van der Waals surface area (Å²) in [5.74, 6) is -0.644. The highest BCUT2D eigenvalue weighted by atomic mass is 32.2. The number of halogens is 3. The second kappa shape index (κ2) is 8.48. The average Bonchev–Trinajstić information content (AvgIpc) is 2.83. The lowest BCUT2D eigenvalue weighted by atomic mass is 10.1. The lowest BCUT2D eigenvalue weighted by Gasteiger charge is -2.13. The number of hydrogen-bond acceptors (Lipinski definition) is 8. The van der Waals surface area contributed by atoms with Gasteiger partial charge in [0.05, 0.1) is 30.0 Å². The number of benzene rings is 1. The van der Waals surface area contributed by atoms with Crippen LogP contribution in [-0.4, -0.2) is 46.0 Å². The molecule has 13 heteroatoms. The van der Waals surface area contributed by atoms with Crippen molar-refractivity contribution in [1.82, 2.24) is 24.7 Å². The Bertz CT molecular complexity index is 1550. The van der Waals surface area contributed by atoms with Crippen LogP contribution in [0.4, 0.5) is 13.2 Å². The van der Waals surface area contributed by atoms with Crippen LogP contribution in [0.5, 0.6) is 6.01 Å². The molecule has 0 amide bonds. The van der Waals surface area contributed by atoms with E-state index < -0.39 is 27.1 Å². The molecule has 0 unspecified atom stereocenters. The van der Waals surface area contributed by atoms with Gasteiger partial charge in [-0.2, -0.15) is 23.0 Å². The SMILES string of the molecule is CCS(=O)(=O)c1cc(-c2cnc(OC)nc2)cnc1-n1ncc2ccc(C(F)(F)F)cc2c1=O. The van der Waals surface area contributed by atoms with E-state index in [9.17, 15) is 26.4 Å². The Balaban J connectivity index is 1.94. The summed E-state index contributed by atoms with van der Waals surface area (Å²) in [7, 11) is -2.54. The van der Waals surface area contributed by atoms with Crippen molar-refractivity contribution in [2.24, 2.45) is 0 Å². The molecule has 0 aliphatic carbocycles. The maximum absolute atomic E-state index is 13.2. The number of alkyl halides is 3.